The Hall–Kier alpha value is -2.62. The van der Waals surface area contributed by atoms with Crippen LogP contribution in [-0.2, 0) is 16.0 Å². The fourth-order valence-corrected chi connectivity index (χ4v) is 2.04. The molecule has 0 aliphatic heterocycles. The van der Waals surface area contributed by atoms with Gasteiger partial charge >= 0.3 is 5.97 Å². The number of methoxy groups -OCH3 is 1. The summed E-state index contributed by atoms with van der Waals surface area (Å²) in [5.74, 6) is 0.0929. The van der Waals surface area contributed by atoms with Crippen LogP contribution in [0.15, 0.2) is 54.6 Å². The summed E-state index contributed by atoms with van der Waals surface area (Å²) in [5.41, 5.74) is 1.34. The van der Waals surface area contributed by atoms with Gasteiger partial charge in [0.15, 0.2) is 6.10 Å². The molecule has 4 heteroatoms. The first kappa shape index (κ1) is 15.8. The Labute approximate surface area is 129 Å². The molecule has 4 nitrogen and oxygen atoms in total. The predicted octanol–water partition coefficient (Wildman–Crippen LogP) is 3.05. The van der Waals surface area contributed by atoms with Crippen molar-refractivity contribution in [2.24, 2.45) is 0 Å². The van der Waals surface area contributed by atoms with Crippen molar-refractivity contribution in [3.8, 4) is 5.75 Å². The second-order valence-electron chi connectivity index (χ2n) is 4.89. The Morgan fingerprint density at radius 3 is 2.23 bits per heavy atom. The van der Waals surface area contributed by atoms with E-state index in [0.29, 0.717) is 5.56 Å². The zero-order valence-electron chi connectivity index (χ0n) is 12.6. The monoisotopic (exact) mass is 298 g/mol. The third-order valence-electron chi connectivity index (χ3n) is 3.24. The molecule has 0 bridgehead atoms. The summed E-state index contributed by atoms with van der Waals surface area (Å²) in [5, 5.41) is 0. The lowest BCUT2D eigenvalue weighted by Gasteiger charge is -2.12. The number of ketones is 1. The van der Waals surface area contributed by atoms with E-state index >= 15 is 0 Å². The maximum absolute atomic E-state index is 12.1. The lowest BCUT2D eigenvalue weighted by molar-refractivity contribution is -0.145. The van der Waals surface area contributed by atoms with Crippen LogP contribution >= 0.6 is 0 Å². The summed E-state index contributed by atoms with van der Waals surface area (Å²) < 4.78 is 10.3. The first-order valence-corrected chi connectivity index (χ1v) is 7.02. The maximum Gasteiger partial charge on any atom is 0.310 e. The van der Waals surface area contributed by atoms with Crippen LogP contribution in [0.4, 0.5) is 0 Å². The summed E-state index contributed by atoms with van der Waals surface area (Å²) >= 11 is 0. The number of carbonyl (C=O) groups is 2. The SMILES string of the molecule is COc1ccc(CC(=O)OC(C)C(=O)c2ccccc2)cc1. The standard InChI is InChI=1S/C18H18O4/c1-13(18(20)15-6-4-3-5-7-15)22-17(19)12-14-8-10-16(21-2)11-9-14/h3-11,13H,12H2,1-2H3. The zero-order chi connectivity index (χ0) is 15.9. The summed E-state index contributed by atoms with van der Waals surface area (Å²) in [6.45, 7) is 1.58. The summed E-state index contributed by atoms with van der Waals surface area (Å²) in [7, 11) is 1.58. The molecule has 1 unspecified atom stereocenters. The van der Waals surface area contributed by atoms with Gasteiger partial charge in [-0.25, -0.2) is 0 Å². The fraction of sp³-hybridized carbons (Fsp3) is 0.222. The molecule has 0 aliphatic rings. The van der Waals surface area contributed by atoms with Gasteiger partial charge in [0, 0.05) is 5.56 Å². The summed E-state index contributed by atoms with van der Waals surface area (Å²) in [6.07, 6.45) is -0.677. The molecule has 0 N–H and O–H groups in total. The molecule has 0 aromatic heterocycles. The van der Waals surface area contributed by atoms with Gasteiger partial charge in [0.25, 0.3) is 0 Å². The Morgan fingerprint density at radius 2 is 1.64 bits per heavy atom. The van der Waals surface area contributed by atoms with Gasteiger partial charge in [0.05, 0.1) is 13.5 Å². The average molecular weight is 298 g/mol. The van der Waals surface area contributed by atoms with Crippen LogP contribution in [0.3, 0.4) is 0 Å². The number of hydrogen-bond acceptors (Lipinski definition) is 4. The highest BCUT2D eigenvalue weighted by molar-refractivity contribution is 6.00. The molecule has 0 radical (unpaired) electrons. The molecule has 22 heavy (non-hydrogen) atoms. The van der Waals surface area contributed by atoms with Gasteiger partial charge in [-0.2, -0.15) is 0 Å². The first-order valence-electron chi connectivity index (χ1n) is 7.02. The minimum absolute atomic E-state index is 0.121. The van der Waals surface area contributed by atoms with Crippen molar-refractivity contribution < 1.29 is 19.1 Å². The van der Waals surface area contributed by atoms with E-state index in [4.69, 9.17) is 9.47 Å². The van der Waals surface area contributed by atoms with Crippen molar-refractivity contribution in [2.45, 2.75) is 19.4 Å². The molecule has 114 valence electrons. The molecule has 0 amide bonds. The van der Waals surface area contributed by atoms with Gasteiger partial charge in [-0.05, 0) is 24.6 Å². The molecule has 0 fully saturated rings. The van der Waals surface area contributed by atoms with E-state index in [1.54, 1.807) is 62.6 Å². The Balaban J connectivity index is 1.92. The number of carbonyl (C=O) groups excluding carboxylic acids is 2. The number of ether oxygens (including phenoxy) is 2. The molecule has 0 saturated heterocycles. The number of Topliss-reactive ketones (excluding diaryl/α,β-unsaturated/α-hetero) is 1. The Kier molecular flexibility index (Phi) is 5.31. The minimum Gasteiger partial charge on any atom is -0.497 e. The molecule has 0 aliphatic carbocycles. The predicted molar refractivity (Wildman–Crippen MR) is 83.0 cm³/mol. The molecule has 2 aromatic rings. The van der Waals surface area contributed by atoms with E-state index in [9.17, 15) is 9.59 Å². The zero-order valence-corrected chi connectivity index (χ0v) is 12.6. The van der Waals surface area contributed by atoms with E-state index in [2.05, 4.69) is 0 Å². The number of hydrogen-bond donors (Lipinski definition) is 0. The molecular formula is C18H18O4. The number of rotatable bonds is 6. The second kappa shape index (κ2) is 7.41. The minimum atomic E-state index is -0.798. The van der Waals surface area contributed by atoms with E-state index in [1.165, 1.54) is 0 Å². The normalized spacial score (nSPS) is 11.5. The summed E-state index contributed by atoms with van der Waals surface area (Å²) in [6, 6.07) is 15.9. The van der Waals surface area contributed by atoms with Crippen molar-refractivity contribution in [1.29, 1.82) is 0 Å². The van der Waals surface area contributed by atoms with Crippen LogP contribution in [0.2, 0.25) is 0 Å². The molecule has 1 atom stereocenters. The third-order valence-corrected chi connectivity index (χ3v) is 3.24. The van der Waals surface area contributed by atoms with Crippen LogP contribution in [0.1, 0.15) is 22.8 Å². The summed E-state index contributed by atoms with van der Waals surface area (Å²) in [4.78, 5) is 24.0. The van der Waals surface area contributed by atoms with E-state index < -0.39 is 12.1 Å². The number of benzene rings is 2. The average Bonchev–Trinajstić information content (AvgIpc) is 2.55. The van der Waals surface area contributed by atoms with Crippen LogP contribution in [0.5, 0.6) is 5.75 Å². The van der Waals surface area contributed by atoms with Gasteiger partial charge in [-0.15, -0.1) is 0 Å². The van der Waals surface area contributed by atoms with Crippen molar-refractivity contribution in [1.82, 2.24) is 0 Å². The molecule has 0 heterocycles. The second-order valence-corrected chi connectivity index (χ2v) is 4.89. The van der Waals surface area contributed by atoms with Gasteiger partial charge < -0.3 is 9.47 Å². The highest BCUT2D eigenvalue weighted by atomic mass is 16.5. The van der Waals surface area contributed by atoms with Gasteiger partial charge in [-0.1, -0.05) is 42.5 Å². The molecular weight excluding hydrogens is 280 g/mol. The molecule has 0 saturated carbocycles. The van der Waals surface area contributed by atoms with Gasteiger partial charge in [0.1, 0.15) is 5.75 Å². The van der Waals surface area contributed by atoms with Crippen molar-refractivity contribution in [3.63, 3.8) is 0 Å². The van der Waals surface area contributed by atoms with Gasteiger partial charge in [-0.3, -0.25) is 9.59 Å². The smallest absolute Gasteiger partial charge is 0.310 e. The quantitative estimate of drug-likeness (QED) is 0.607. The molecule has 2 rings (SSSR count). The van der Waals surface area contributed by atoms with Crippen LogP contribution in [0.25, 0.3) is 0 Å². The lowest BCUT2D eigenvalue weighted by Crippen LogP contribution is -2.25. The van der Waals surface area contributed by atoms with Crippen LogP contribution < -0.4 is 4.74 Å². The Morgan fingerprint density at radius 1 is 1.00 bits per heavy atom. The van der Waals surface area contributed by atoms with Gasteiger partial charge in [0.2, 0.25) is 5.78 Å². The molecule has 0 spiro atoms. The topological polar surface area (TPSA) is 52.6 Å². The highest BCUT2D eigenvalue weighted by Gasteiger charge is 2.19. The van der Waals surface area contributed by atoms with Crippen molar-refractivity contribution >= 4 is 11.8 Å². The van der Waals surface area contributed by atoms with E-state index in [1.807, 2.05) is 6.07 Å². The number of esters is 1. The largest absolute Gasteiger partial charge is 0.497 e. The van der Waals surface area contributed by atoms with E-state index in [0.717, 1.165) is 11.3 Å². The van der Waals surface area contributed by atoms with E-state index in [-0.39, 0.29) is 12.2 Å². The lowest BCUT2D eigenvalue weighted by atomic mass is 10.1. The Bertz CT molecular complexity index is 632. The van der Waals surface area contributed by atoms with Crippen molar-refractivity contribution in [3.05, 3.63) is 65.7 Å². The van der Waals surface area contributed by atoms with Crippen molar-refractivity contribution in [2.75, 3.05) is 7.11 Å². The molecule has 2 aromatic carbocycles. The third kappa shape index (κ3) is 4.19. The van der Waals surface area contributed by atoms with Crippen LogP contribution in [0, 0.1) is 0 Å². The highest BCUT2D eigenvalue weighted by Crippen LogP contribution is 2.13. The van der Waals surface area contributed by atoms with Crippen LogP contribution in [-0.4, -0.2) is 25.0 Å². The maximum atomic E-state index is 12.1. The first-order chi connectivity index (χ1) is 10.6. The fourth-order valence-electron chi connectivity index (χ4n) is 2.04.